The molecule has 4 rings (SSSR count). The van der Waals surface area contributed by atoms with Gasteiger partial charge in [0.25, 0.3) is 0 Å². The van der Waals surface area contributed by atoms with Crippen LogP contribution >= 0.6 is 11.3 Å². The molecule has 9 heteroatoms. The van der Waals surface area contributed by atoms with Crippen molar-refractivity contribution in [2.24, 2.45) is 10.8 Å². The molecule has 1 aromatic carbocycles. The second kappa shape index (κ2) is 12.1. The third kappa shape index (κ3) is 6.56. The van der Waals surface area contributed by atoms with Crippen LogP contribution in [0.2, 0.25) is 0 Å². The lowest BCUT2D eigenvalue weighted by Crippen LogP contribution is -2.58. The average molecular weight is 550 g/mol. The molecule has 3 atom stereocenters. The van der Waals surface area contributed by atoms with Crippen molar-refractivity contribution in [1.29, 1.82) is 5.26 Å². The maximum Gasteiger partial charge on any atom is 0.246 e. The number of hydrogen-bond acceptors (Lipinski definition) is 6. The Morgan fingerprint density at radius 3 is 2.33 bits per heavy atom. The fourth-order valence-electron chi connectivity index (χ4n) is 4.80. The molecule has 1 aliphatic heterocycles. The van der Waals surface area contributed by atoms with Crippen molar-refractivity contribution in [2.75, 3.05) is 6.54 Å². The summed E-state index contributed by atoms with van der Waals surface area (Å²) in [7, 11) is 0. The second-order valence-corrected chi connectivity index (χ2v) is 12.1. The lowest BCUT2D eigenvalue weighted by Gasteiger charge is -2.36. The number of thiazole rings is 1. The number of rotatable bonds is 7. The van der Waals surface area contributed by atoms with Gasteiger partial charge in [0.15, 0.2) is 0 Å². The zero-order valence-electron chi connectivity index (χ0n) is 23.5. The van der Waals surface area contributed by atoms with E-state index in [1.807, 2.05) is 64.4 Å². The van der Waals surface area contributed by atoms with Gasteiger partial charge in [-0.05, 0) is 56.1 Å². The minimum Gasteiger partial charge on any atom is -0.348 e. The fraction of sp³-hybridized carbons (Fsp3) is 0.500. The number of likely N-dealkylation sites (tertiary alicyclic amines) is 1. The Kier molecular flexibility index (Phi) is 9.34. The highest BCUT2D eigenvalue weighted by atomic mass is 32.1. The first kappa shape index (κ1) is 30.0. The van der Waals surface area contributed by atoms with Crippen molar-refractivity contribution in [1.82, 2.24) is 20.5 Å². The highest BCUT2D eigenvalue weighted by molar-refractivity contribution is 7.13. The largest absolute Gasteiger partial charge is 0.348 e. The molecule has 0 bridgehead atoms. The molecule has 1 aliphatic carbocycles. The lowest BCUT2D eigenvalue weighted by molar-refractivity contribution is -0.144. The van der Waals surface area contributed by atoms with Gasteiger partial charge in [-0.1, -0.05) is 45.0 Å². The molecule has 2 N–H and O–H groups in total. The molecule has 8 nitrogen and oxygen atoms in total. The highest BCUT2D eigenvalue weighted by Gasteiger charge is 2.53. The smallest absolute Gasteiger partial charge is 0.246 e. The predicted octanol–water partition coefficient (Wildman–Crippen LogP) is 4.92. The third-order valence-electron chi connectivity index (χ3n) is 7.40. The van der Waals surface area contributed by atoms with Gasteiger partial charge in [-0.25, -0.2) is 4.98 Å². The van der Waals surface area contributed by atoms with Crippen molar-refractivity contribution in [2.45, 2.75) is 78.4 Å². The zero-order valence-corrected chi connectivity index (χ0v) is 24.4. The molecule has 0 radical (unpaired) electrons. The Bertz CT molecular complexity index is 1240. The lowest BCUT2D eigenvalue weighted by atomic mass is 9.85. The number of nitrogens with zero attached hydrogens (tertiary/aromatic N) is 3. The summed E-state index contributed by atoms with van der Waals surface area (Å²) in [5.41, 5.74) is 3.30. The van der Waals surface area contributed by atoms with Crippen LogP contribution < -0.4 is 10.6 Å². The minimum atomic E-state index is -1.02. The molecular formula is C30H39N5O3S. The van der Waals surface area contributed by atoms with Crippen molar-refractivity contribution >= 4 is 29.1 Å². The Balaban J connectivity index is 0.00000205. The Morgan fingerprint density at radius 1 is 1.18 bits per heavy atom. The molecule has 1 saturated carbocycles. The predicted molar refractivity (Wildman–Crippen MR) is 153 cm³/mol. The normalized spacial score (nSPS) is 19.1. The highest BCUT2D eigenvalue weighted by Crippen LogP contribution is 2.45. The van der Waals surface area contributed by atoms with Crippen LogP contribution in [0.3, 0.4) is 0 Å². The first-order valence-corrected chi connectivity index (χ1v) is 14.2. The van der Waals surface area contributed by atoms with E-state index in [2.05, 4.69) is 34.8 Å². The van der Waals surface area contributed by atoms with Crippen LogP contribution in [-0.4, -0.2) is 46.2 Å². The monoisotopic (exact) mass is 549 g/mol. The number of benzene rings is 1. The molecule has 2 unspecified atom stereocenters. The molecule has 208 valence electrons. The quantitative estimate of drug-likeness (QED) is 0.476. The number of aromatic nitrogens is 1. The maximum atomic E-state index is 13.7. The van der Waals surface area contributed by atoms with Crippen LogP contribution in [0.1, 0.15) is 70.7 Å². The van der Waals surface area contributed by atoms with Gasteiger partial charge >= 0.3 is 0 Å². The molecule has 1 saturated heterocycles. The van der Waals surface area contributed by atoms with Crippen LogP contribution in [-0.2, 0) is 14.4 Å². The van der Waals surface area contributed by atoms with Gasteiger partial charge in [-0.2, -0.15) is 5.26 Å². The molecular weight excluding hydrogens is 510 g/mol. The van der Waals surface area contributed by atoms with Crippen LogP contribution in [0, 0.1) is 29.1 Å². The first-order valence-electron chi connectivity index (χ1n) is 13.3. The third-order valence-corrected chi connectivity index (χ3v) is 8.38. The van der Waals surface area contributed by atoms with E-state index < -0.39 is 28.8 Å². The first-order chi connectivity index (χ1) is 18.5. The molecule has 2 heterocycles. The molecule has 39 heavy (non-hydrogen) atoms. The molecule has 2 fully saturated rings. The number of hydrogen-bond donors (Lipinski definition) is 2. The van der Waals surface area contributed by atoms with Gasteiger partial charge in [0.1, 0.15) is 17.5 Å². The summed E-state index contributed by atoms with van der Waals surface area (Å²) in [6, 6.07) is 8.53. The number of amides is 3. The van der Waals surface area contributed by atoms with Crippen LogP contribution in [0.4, 0.5) is 0 Å². The molecule has 2 aliphatic rings. The van der Waals surface area contributed by atoms with Crippen molar-refractivity contribution in [3.05, 3.63) is 54.2 Å². The van der Waals surface area contributed by atoms with E-state index in [-0.39, 0.29) is 17.9 Å². The summed E-state index contributed by atoms with van der Waals surface area (Å²) < 4.78 is 0. The van der Waals surface area contributed by atoms with Gasteiger partial charge in [-0.3, -0.25) is 14.4 Å². The summed E-state index contributed by atoms with van der Waals surface area (Å²) in [5, 5.41) is 15.3. The van der Waals surface area contributed by atoms with Gasteiger partial charge in [0.05, 0.1) is 28.2 Å². The Hall–Kier alpha value is -3.51. The SMILES string of the molecule is C=C.Cc1ncsc1-c1ccc(C(C)NC(=O)C2CCCN2C(=O)[C@@H](NC(=O)C2(C#N)CC2)C(C)(C)C)cc1. The van der Waals surface area contributed by atoms with E-state index in [0.29, 0.717) is 32.2 Å². The van der Waals surface area contributed by atoms with E-state index >= 15 is 0 Å². The van der Waals surface area contributed by atoms with Crippen molar-refractivity contribution < 1.29 is 14.4 Å². The summed E-state index contributed by atoms with van der Waals surface area (Å²) >= 11 is 1.60. The van der Waals surface area contributed by atoms with E-state index in [1.54, 1.807) is 16.2 Å². The van der Waals surface area contributed by atoms with Crippen molar-refractivity contribution in [3.8, 4) is 16.5 Å². The fourth-order valence-corrected chi connectivity index (χ4v) is 5.61. The van der Waals surface area contributed by atoms with Crippen LogP contribution in [0.15, 0.2) is 42.9 Å². The summed E-state index contributed by atoms with van der Waals surface area (Å²) in [6.07, 6.45) is 2.31. The topological polar surface area (TPSA) is 115 Å². The Labute approximate surface area is 235 Å². The van der Waals surface area contributed by atoms with Crippen LogP contribution in [0.25, 0.3) is 10.4 Å². The number of carbonyl (C=O) groups excluding carboxylic acids is 3. The number of carbonyl (C=O) groups is 3. The van der Waals surface area contributed by atoms with Gasteiger partial charge in [0, 0.05) is 6.54 Å². The standard InChI is InChI=1S/C28H35N5O3S.C2H4/c1-17(19-8-10-20(11-9-19)22-18(2)30-16-37-22)31-24(34)21-7-6-14-33(21)25(35)23(27(3,4)5)32-26(36)28(15-29)12-13-28;1-2/h8-11,16-17,21,23H,6-7,12-14H2,1-5H3,(H,31,34)(H,32,36);1-2H2/t17?,21?,23-;/m1./s1. The summed E-state index contributed by atoms with van der Waals surface area (Å²) in [6.45, 7) is 16.0. The summed E-state index contributed by atoms with van der Waals surface area (Å²) in [4.78, 5) is 46.8. The van der Waals surface area contributed by atoms with E-state index in [9.17, 15) is 19.6 Å². The molecule has 1 aromatic heterocycles. The average Bonchev–Trinajstić information content (AvgIpc) is 3.34. The number of nitrogens with one attached hydrogen (secondary N) is 2. The zero-order chi connectivity index (χ0) is 29.0. The van der Waals surface area contributed by atoms with Crippen molar-refractivity contribution in [3.63, 3.8) is 0 Å². The molecule has 3 amide bonds. The molecule has 2 aromatic rings. The van der Waals surface area contributed by atoms with Gasteiger partial charge < -0.3 is 15.5 Å². The Morgan fingerprint density at radius 2 is 1.82 bits per heavy atom. The van der Waals surface area contributed by atoms with Gasteiger partial charge in [-0.15, -0.1) is 24.5 Å². The number of aryl methyl sites for hydroxylation is 1. The van der Waals surface area contributed by atoms with E-state index in [1.165, 1.54) is 0 Å². The number of nitriles is 1. The van der Waals surface area contributed by atoms with Gasteiger partial charge in [0.2, 0.25) is 17.7 Å². The summed E-state index contributed by atoms with van der Waals surface area (Å²) in [5.74, 6) is -0.867. The maximum absolute atomic E-state index is 13.7. The van der Waals surface area contributed by atoms with Crippen LogP contribution in [0.5, 0.6) is 0 Å². The molecule has 0 spiro atoms. The van der Waals surface area contributed by atoms with E-state index in [0.717, 1.165) is 21.7 Å². The van der Waals surface area contributed by atoms with E-state index in [4.69, 9.17) is 0 Å². The minimum absolute atomic E-state index is 0.199. The second-order valence-electron chi connectivity index (χ2n) is 11.3.